The molecule has 0 radical (unpaired) electrons. The maximum Gasteiger partial charge on any atom is 0.311 e. The molecule has 0 aliphatic heterocycles. The van der Waals surface area contributed by atoms with Gasteiger partial charge < -0.3 is 15.9 Å². The van der Waals surface area contributed by atoms with Crippen molar-refractivity contribution in [1.29, 1.82) is 5.41 Å². The van der Waals surface area contributed by atoms with Gasteiger partial charge in [-0.1, -0.05) is 26.2 Å². The highest BCUT2D eigenvalue weighted by atomic mass is 16.5. The molecule has 1 aliphatic rings. The number of rotatable bonds is 8. The van der Waals surface area contributed by atoms with E-state index in [0.29, 0.717) is 12.3 Å². The molecule has 4 heteroatoms. The number of hydrogen-bond acceptors (Lipinski definition) is 4. The van der Waals surface area contributed by atoms with Gasteiger partial charge in [0.25, 0.3) is 0 Å². The number of carbonyl (C=O) groups excluding carboxylic acids is 1. The lowest BCUT2D eigenvalue weighted by molar-refractivity contribution is -0.142. The summed E-state index contributed by atoms with van der Waals surface area (Å²) < 4.78 is 5.17. The minimum Gasteiger partial charge on any atom is -0.465 e. The van der Waals surface area contributed by atoms with Gasteiger partial charge >= 0.3 is 5.97 Å². The number of esters is 1. The standard InChI is InChI=1S/C15H28N2O2/c1-2-3-4-5-10-19-15(18)11-14(17)12-6-8-13(16)9-7-12/h12-13,17H,2-11,16H2,1H3. The van der Waals surface area contributed by atoms with Crippen LogP contribution in [0.2, 0.25) is 0 Å². The molecule has 0 unspecified atom stereocenters. The quantitative estimate of drug-likeness (QED) is 0.403. The third-order valence-electron chi connectivity index (χ3n) is 3.86. The Bertz CT molecular complexity index is 284. The number of hydrogen-bond donors (Lipinski definition) is 2. The van der Waals surface area contributed by atoms with Gasteiger partial charge in [-0.2, -0.15) is 0 Å². The molecule has 0 spiro atoms. The first-order valence-electron chi connectivity index (χ1n) is 7.62. The molecule has 0 aromatic rings. The highest BCUT2D eigenvalue weighted by Crippen LogP contribution is 2.25. The molecule has 0 aromatic carbocycles. The molecule has 0 heterocycles. The van der Waals surface area contributed by atoms with Gasteiger partial charge in [0.15, 0.2) is 0 Å². The fourth-order valence-electron chi connectivity index (χ4n) is 2.53. The molecule has 1 rings (SSSR count). The van der Waals surface area contributed by atoms with Crippen LogP contribution in [-0.2, 0) is 9.53 Å². The second-order valence-electron chi connectivity index (χ2n) is 5.59. The average molecular weight is 268 g/mol. The molecule has 110 valence electrons. The first kappa shape index (κ1) is 16.2. The van der Waals surface area contributed by atoms with Gasteiger partial charge in [0.1, 0.15) is 0 Å². The van der Waals surface area contributed by atoms with Crippen LogP contribution in [0, 0.1) is 11.3 Å². The minimum absolute atomic E-state index is 0.160. The molecular formula is C15H28N2O2. The van der Waals surface area contributed by atoms with Crippen LogP contribution in [0.3, 0.4) is 0 Å². The fraction of sp³-hybridized carbons (Fsp3) is 0.867. The van der Waals surface area contributed by atoms with E-state index in [-0.39, 0.29) is 24.3 Å². The monoisotopic (exact) mass is 268 g/mol. The second-order valence-corrected chi connectivity index (χ2v) is 5.59. The van der Waals surface area contributed by atoms with Gasteiger partial charge in [-0.25, -0.2) is 0 Å². The summed E-state index contributed by atoms with van der Waals surface area (Å²) in [4.78, 5) is 11.6. The summed E-state index contributed by atoms with van der Waals surface area (Å²) in [6.07, 6.45) is 8.42. The highest BCUT2D eigenvalue weighted by molar-refractivity contribution is 5.98. The van der Waals surface area contributed by atoms with E-state index in [1.807, 2.05) is 0 Å². The SMILES string of the molecule is CCCCCCOC(=O)CC(=N)C1CCC(N)CC1. The Morgan fingerprint density at radius 2 is 1.89 bits per heavy atom. The maximum absolute atomic E-state index is 11.6. The summed E-state index contributed by atoms with van der Waals surface area (Å²) >= 11 is 0. The summed E-state index contributed by atoms with van der Waals surface area (Å²) in [6, 6.07) is 0.287. The molecule has 19 heavy (non-hydrogen) atoms. The number of unbranched alkanes of at least 4 members (excludes halogenated alkanes) is 3. The zero-order chi connectivity index (χ0) is 14.1. The van der Waals surface area contributed by atoms with Gasteiger partial charge in [-0.05, 0) is 38.0 Å². The number of carbonyl (C=O) groups is 1. The van der Waals surface area contributed by atoms with E-state index in [9.17, 15) is 4.79 Å². The van der Waals surface area contributed by atoms with Crippen molar-refractivity contribution in [2.45, 2.75) is 70.8 Å². The van der Waals surface area contributed by atoms with Crippen LogP contribution < -0.4 is 5.73 Å². The Hall–Kier alpha value is -0.900. The molecule has 0 amide bonds. The van der Waals surface area contributed by atoms with Crippen molar-refractivity contribution in [3.8, 4) is 0 Å². The summed E-state index contributed by atoms with van der Waals surface area (Å²) in [7, 11) is 0. The van der Waals surface area contributed by atoms with Crippen molar-refractivity contribution in [2.24, 2.45) is 11.7 Å². The van der Waals surface area contributed by atoms with Crippen LogP contribution in [0.25, 0.3) is 0 Å². The van der Waals surface area contributed by atoms with E-state index in [2.05, 4.69) is 6.92 Å². The van der Waals surface area contributed by atoms with Crippen LogP contribution in [0.4, 0.5) is 0 Å². The van der Waals surface area contributed by atoms with Gasteiger partial charge in [-0.15, -0.1) is 0 Å². The van der Waals surface area contributed by atoms with Crippen LogP contribution in [0.15, 0.2) is 0 Å². The molecule has 1 fully saturated rings. The van der Waals surface area contributed by atoms with Gasteiger partial charge in [-0.3, -0.25) is 4.79 Å². The third-order valence-corrected chi connectivity index (χ3v) is 3.86. The predicted molar refractivity (Wildman–Crippen MR) is 77.4 cm³/mol. The fourth-order valence-corrected chi connectivity index (χ4v) is 2.53. The summed E-state index contributed by atoms with van der Waals surface area (Å²) in [5, 5.41) is 7.98. The van der Waals surface area contributed by atoms with Crippen molar-refractivity contribution in [3.63, 3.8) is 0 Å². The molecule has 4 nitrogen and oxygen atoms in total. The maximum atomic E-state index is 11.6. The number of nitrogens with one attached hydrogen (secondary N) is 1. The number of ether oxygens (including phenoxy) is 1. The molecule has 0 aromatic heterocycles. The zero-order valence-corrected chi connectivity index (χ0v) is 12.1. The molecular weight excluding hydrogens is 240 g/mol. The molecule has 1 saturated carbocycles. The van der Waals surface area contributed by atoms with Crippen molar-refractivity contribution < 1.29 is 9.53 Å². The van der Waals surface area contributed by atoms with E-state index in [4.69, 9.17) is 15.9 Å². The topological polar surface area (TPSA) is 76.2 Å². The highest BCUT2D eigenvalue weighted by Gasteiger charge is 2.23. The first-order chi connectivity index (χ1) is 9.13. The van der Waals surface area contributed by atoms with Gasteiger partial charge in [0.05, 0.1) is 13.0 Å². The third kappa shape index (κ3) is 6.71. The van der Waals surface area contributed by atoms with E-state index in [1.165, 1.54) is 12.8 Å². The Morgan fingerprint density at radius 3 is 2.53 bits per heavy atom. The lowest BCUT2D eigenvalue weighted by atomic mass is 9.82. The number of nitrogens with two attached hydrogens (primary N) is 1. The first-order valence-corrected chi connectivity index (χ1v) is 7.62. The summed E-state index contributed by atoms with van der Waals surface area (Å²) in [5.74, 6) is 0.00353. The summed E-state index contributed by atoms with van der Waals surface area (Å²) in [5.41, 5.74) is 6.37. The molecule has 0 saturated heterocycles. The largest absolute Gasteiger partial charge is 0.465 e. The minimum atomic E-state index is -0.239. The molecule has 0 atom stereocenters. The van der Waals surface area contributed by atoms with Crippen LogP contribution in [-0.4, -0.2) is 24.3 Å². The van der Waals surface area contributed by atoms with Crippen LogP contribution in [0.1, 0.15) is 64.7 Å². The van der Waals surface area contributed by atoms with E-state index < -0.39 is 0 Å². The molecule has 0 bridgehead atoms. The summed E-state index contributed by atoms with van der Waals surface area (Å²) in [6.45, 7) is 2.66. The van der Waals surface area contributed by atoms with Gasteiger partial charge in [0, 0.05) is 11.8 Å². The van der Waals surface area contributed by atoms with Crippen molar-refractivity contribution in [1.82, 2.24) is 0 Å². The predicted octanol–water partition coefficient (Wildman–Crippen LogP) is 3.04. The average Bonchev–Trinajstić information content (AvgIpc) is 2.39. The molecule has 1 aliphatic carbocycles. The van der Waals surface area contributed by atoms with Crippen molar-refractivity contribution >= 4 is 11.7 Å². The van der Waals surface area contributed by atoms with Crippen molar-refractivity contribution in [3.05, 3.63) is 0 Å². The van der Waals surface area contributed by atoms with E-state index in [1.54, 1.807) is 0 Å². The van der Waals surface area contributed by atoms with Crippen molar-refractivity contribution in [2.75, 3.05) is 6.61 Å². The second kappa shape index (κ2) is 9.08. The normalized spacial score (nSPS) is 23.1. The Balaban J connectivity index is 2.12. The lowest BCUT2D eigenvalue weighted by Crippen LogP contribution is -2.30. The van der Waals surface area contributed by atoms with E-state index >= 15 is 0 Å². The van der Waals surface area contributed by atoms with Gasteiger partial charge in [0.2, 0.25) is 0 Å². The van der Waals surface area contributed by atoms with Crippen LogP contribution in [0.5, 0.6) is 0 Å². The Morgan fingerprint density at radius 1 is 1.21 bits per heavy atom. The Kier molecular flexibility index (Phi) is 7.72. The molecule has 3 N–H and O–H groups in total. The Labute approximate surface area is 116 Å². The lowest BCUT2D eigenvalue weighted by Gasteiger charge is -2.26. The smallest absolute Gasteiger partial charge is 0.311 e. The van der Waals surface area contributed by atoms with Crippen LogP contribution >= 0.6 is 0 Å². The van der Waals surface area contributed by atoms with E-state index in [0.717, 1.165) is 38.5 Å². The zero-order valence-electron chi connectivity index (χ0n) is 12.1.